The average Bonchev–Trinajstić information content (AvgIpc) is 2.85. The van der Waals surface area contributed by atoms with Crippen molar-refractivity contribution in [2.45, 2.75) is 4.90 Å². The van der Waals surface area contributed by atoms with Gasteiger partial charge in [0.2, 0.25) is 10.0 Å². The van der Waals surface area contributed by atoms with Crippen LogP contribution in [0.1, 0.15) is 0 Å². The number of nitrogens with one attached hydrogen (secondary N) is 1. The van der Waals surface area contributed by atoms with Gasteiger partial charge in [-0.2, -0.15) is 4.31 Å². The zero-order chi connectivity index (χ0) is 22.0. The van der Waals surface area contributed by atoms with Gasteiger partial charge in [0.15, 0.2) is 11.6 Å². The number of aromatic nitrogens is 3. The van der Waals surface area contributed by atoms with Crippen LogP contribution in [0.3, 0.4) is 0 Å². The number of pyridine rings is 1. The van der Waals surface area contributed by atoms with Crippen LogP contribution in [0, 0.1) is 0 Å². The van der Waals surface area contributed by atoms with Crippen molar-refractivity contribution in [3.8, 4) is 0 Å². The molecule has 8 nitrogen and oxygen atoms in total. The number of rotatable bonds is 5. The van der Waals surface area contributed by atoms with Crippen LogP contribution in [0.25, 0.3) is 10.8 Å². The van der Waals surface area contributed by atoms with E-state index in [4.69, 9.17) is 0 Å². The molecule has 5 rings (SSSR count). The number of nitrogens with zero attached hydrogens (tertiary/aromatic N) is 5. The molecule has 0 radical (unpaired) electrons. The van der Waals surface area contributed by atoms with Gasteiger partial charge in [-0.15, -0.1) is 10.2 Å². The van der Waals surface area contributed by atoms with E-state index in [0.717, 1.165) is 16.6 Å². The summed E-state index contributed by atoms with van der Waals surface area (Å²) in [6.45, 7) is 1.89. The van der Waals surface area contributed by atoms with Gasteiger partial charge in [-0.05, 0) is 47.2 Å². The van der Waals surface area contributed by atoms with Gasteiger partial charge in [0, 0.05) is 32.4 Å². The first-order chi connectivity index (χ1) is 15.6. The van der Waals surface area contributed by atoms with Crippen molar-refractivity contribution < 1.29 is 8.42 Å². The Morgan fingerprint density at radius 3 is 2.25 bits per heavy atom. The normalized spacial score (nSPS) is 15.1. The van der Waals surface area contributed by atoms with Gasteiger partial charge in [-0.3, -0.25) is 0 Å². The van der Waals surface area contributed by atoms with Gasteiger partial charge in [-0.25, -0.2) is 13.4 Å². The third kappa shape index (κ3) is 4.12. The first-order valence-corrected chi connectivity index (χ1v) is 11.8. The molecule has 2 aromatic carbocycles. The maximum Gasteiger partial charge on any atom is 0.243 e. The van der Waals surface area contributed by atoms with E-state index >= 15 is 0 Å². The highest BCUT2D eigenvalue weighted by Gasteiger charge is 2.29. The lowest BCUT2D eigenvalue weighted by atomic mass is 10.1. The molecule has 0 spiro atoms. The third-order valence-corrected chi connectivity index (χ3v) is 7.39. The summed E-state index contributed by atoms with van der Waals surface area (Å²) in [4.78, 5) is 6.58. The van der Waals surface area contributed by atoms with Gasteiger partial charge >= 0.3 is 0 Å². The monoisotopic (exact) mass is 446 g/mol. The lowest BCUT2D eigenvalue weighted by Crippen LogP contribution is -2.49. The molecule has 32 heavy (non-hydrogen) atoms. The molecular formula is C23H22N6O2S. The molecule has 0 amide bonds. The van der Waals surface area contributed by atoms with E-state index in [1.165, 1.54) is 4.31 Å². The molecule has 0 aliphatic carbocycles. The summed E-state index contributed by atoms with van der Waals surface area (Å²) in [6, 6.07) is 22.4. The molecule has 9 heteroatoms. The van der Waals surface area contributed by atoms with Crippen molar-refractivity contribution in [2.75, 3.05) is 36.4 Å². The minimum Gasteiger partial charge on any atom is -0.352 e. The first kappa shape index (κ1) is 20.3. The van der Waals surface area contributed by atoms with Crippen molar-refractivity contribution in [3.05, 3.63) is 79.0 Å². The predicted molar refractivity (Wildman–Crippen MR) is 124 cm³/mol. The van der Waals surface area contributed by atoms with Crippen molar-refractivity contribution in [3.63, 3.8) is 0 Å². The summed E-state index contributed by atoms with van der Waals surface area (Å²) in [7, 11) is -3.55. The third-order valence-electron chi connectivity index (χ3n) is 5.49. The number of anilines is 3. The summed E-state index contributed by atoms with van der Waals surface area (Å²) in [5.41, 5.74) is 0. The Labute approximate surface area is 186 Å². The number of fused-ring (bicyclic) bond motifs is 1. The Balaban J connectivity index is 1.25. The molecule has 1 N–H and O–H groups in total. The molecule has 0 saturated carbocycles. The number of hydrogen-bond acceptors (Lipinski definition) is 7. The van der Waals surface area contributed by atoms with Crippen LogP contribution in [0.15, 0.2) is 83.9 Å². The van der Waals surface area contributed by atoms with E-state index in [-0.39, 0.29) is 0 Å². The van der Waals surface area contributed by atoms with Crippen LogP contribution in [0.5, 0.6) is 0 Å². The minimum atomic E-state index is -3.55. The Kier molecular flexibility index (Phi) is 5.42. The minimum absolute atomic E-state index is 0.328. The zero-order valence-electron chi connectivity index (χ0n) is 17.3. The molecule has 3 heterocycles. The molecule has 4 aromatic rings. The first-order valence-electron chi connectivity index (χ1n) is 10.4. The van der Waals surface area contributed by atoms with E-state index in [9.17, 15) is 8.42 Å². The van der Waals surface area contributed by atoms with Crippen LogP contribution in [-0.2, 0) is 10.0 Å². The summed E-state index contributed by atoms with van der Waals surface area (Å²) < 4.78 is 27.9. The predicted octanol–water partition coefficient (Wildman–Crippen LogP) is 3.28. The molecular weight excluding hydrogens is 424 g/mol. The fraction of sp³-hybridized carbons (Fsp3) is 0.174. The topological polar surface area (TPSA) is 91.3 Å². The second-order valence-electron chi connectivity index (χ2n) is 7.52. The Hall–Kier alpha value is -3.56. The fourth-order valence-corrected chi connectivity index (χ4v) is 5.22. The van der Waals surface area contributed by atoms with E-state index in [0.29, 0.717) is 42.7 Å². The number of piperazine rings is 1. The highest BCUT2D eigenvalue weighted by molar-refractivity contribution is 7.89. The highest BCUT2D eigenvalue weighted by Crippen LogP contribution is 2.24. The molecule has 0 bridgehead atoms. The summed E-state index contributed by atoms with van der Waals surface area (Å²) in [5, 5.41) is 13.6. The van der Waals surface area contributed by atoms with Crippen LogP contribution in [0.4, 0.5) is 17.5 Å². The smallest absolute Gasteiger partial charge is 0.243 e. The van der Waals surface area contributed by atoms with Gasteiger partial charge in [0.25, 0.3) is 0 Å². The van der Waals surface area contributed by atoms with Crippen molar-refractivity contribution in [1.29, 1.82) is 0 Å². The molecule has 162 valence electrons. The lowest BCUT2D eigenvalue weighted by molar-refractivity contribution is 0.383. The van der Waals surface area contributed by atoms with E-state index < -0.39 is 10.0 Å². The van der Waals surface area contributed by atoms with Gasteiger partial charge in [0.1, 0.15) is 5.82 Å². The van der Waals surface area contributed by atoms with Crippen molar-refractivity contribution >= 4 is 38.2 Å². The van der Waals surface area contributed by atoms with Crippen LogP contribution >= 0.6 is 0 Å². The summed E-state index contributed by atoms with van der Waals surface area (Å²) >= 11 is 0. The Bertz CT molecular complexity index is 1320. The largest absolute Gasteiger partial charge is 0.352 e. The highest BCUT2D eigenvalue weighted by atomic mass is 32.2. The SMILES string of the molecule is O=S(=O)(c1ccc2ccccc2c1)N1CCN(c2ccc(Nc3ccccn3)nn2)CC1. The summed E-state index contributed by atoms with van der Waals surface area (Å²) in [6.07, 6.45) is 1.70. The molecule has 1 fully saturated rings. The van der Waals surface area contributed by atoms with E-state index in [1.807, 2.05) is 65.6 Å². The molecule has 0 unspecified atom stereocenters. The van der Waals surface area contributed by atoms with E-state index in [1.54, 1.807) is 18.3 Å². The number of hydrogen-bond donors (Lipinski definition) is 1. The zero-order valence-corrected chi connectivity index (χ0v) is 18.1. The van der Waals surface area contributed by atoms with Gasteiger partial charge in [-0.1, -0.05) is 36.4 Å². The van der Waals surface area contributed by atoms with Crippen molar-refractivity contribution in [2.24, 2.45) is 0 Å². The number of benzene rings is 2. The van der Waals surface area contributed by atoms with Crippen LogP contribution in [0.2, 0.25) is 0 Å². The standard InChI is InChI=1S/C23H22N6O2S/c30-32(31,20-9-8-18-5-1-2-6-19(18)17-20)29-15-13-28(14-16-29)23-11-10-22(26-27-23)25-21-7-3-4-12-24-21/h1-12,17H,13-16H2,(H,24,25,26). The van der Waals surface area contributed by atoms with Gasteiger partial charge in [0.05, 0.1) is 4.90 Å². The second-order valence-corrected chi connectivity index (χ2v) is 9.45. The van der Waals surface area contributed by atoms with Crippen LogP contribution < -0.4 is 10.2 Å². The van der Waals surface area contributed by atoms with Crippen LogP contribution in [-0.4, -0.2) is 54.1 Å². The molecule has 0 atom stereocenters. The second kappa shape index (κ2) is 8.52. The molecule has 2 aromatic heterocycles. The molecule has 1 aliphatic rings. The molecule has 1 saturated heterocycles. The van der Waals surface area contributed by atoms with E-state index in [2.05, 4.69) is 20.5 Å². The fourth-order valence-electron chi connectivity index (χ4n) is 3.76. The summed E-state index contributed by atoms with van der Waals surface area (Å²) in [5.74, 6) is 2.02. The Morgan fingerprint density at radius 2 is 1.53 bits per heavy atom. The van der Waals surface area contributed by atoms with Crippen molar-refractivity contribution in [1.82, 2.24) is 19.5 Å². The maximum atomic E-state index is 13.2. The Morgan fingerprint density at radius 1 is 0.750 bits per heavy atom. The maximum absolute atomic E-state index is 13.2. The quantitative estimate of drug-likeness (QED) is 0.503. The average molecular weight is 447 g/mol. The molecule has 1 aliphatic heterocycles. The lowest BCUT2D eigenvalue weighted by Gasteiger charge is -2.34. The van der Waals surface area contributed by atoms with Gasteiger partial charge < -0.3 is 10.2 Å². The number of sulfonamides is 1.